The van der Waals surface area contributed by atoms with Gasteiger partial charge in [0.05, 0.1) is 0 Å². The normalized spacial score (nSPS) is 10.8. The van der Waals surface area contributed by atoms with Crippen LogP contribution in [-0.4, -0.2) is 35.5 Å². The Hall–Kier alpha value is -2.77. The number of amides is 1. The van der Waals surface area contributed by atoms with E-state index in [9.17, 15) is 4.79 Å². The Balaban J connectivity index is 1.97. The molecular formula is C11H11N7O. The van der Waals surface area contributed by atoms with Gasteiger partial charge in [0.15, 0.2) is 0 Å². The Morgan fingerprint density at radius 2 is 2.21 bits per heavy atom. The number of H-pyrrole nitrogens is 1. The van der Waals surface area contributed by atoms with Gasteiger partial charge in [-0.1, -0.05) is 0 Å². The zero-order valence-corrected chi connectivity index (χ0v) is 10.4. The lowest BCUT2D eigenvalue weighted by atomic mass is 10.4. The van der Waals surface area contributed by atoms with Crippen molar-refractivity contribution in [3.8, 4) is 0 Å². The summed E-state index contributed by atoms with van der Waals surface area (Å²) in [4.78, 5) is 26.9. The van der Waals surface area contributed by atoms with E-state index in [2.05, 4.69) is 30.4 Å². The summed E-state index contributed by atoms with van der Waals surface area (Å²) in [6, 6.07) is 1.87. The highest BCUT2D eigenvalue weighted by atomic mass is 16.2. The summed E-state index contributed by atoms with van der Waals surface area (Å²) in [6.45, 7) is 3.74. The number of anilines is 1. The molecule has 96 valence electrons. The number of imidazole rings is 1. The Morgan fingerprint density at radius 1 is 1.37 bits per heavy atom. The molecule has 3 aromatic rings. The van der Waals surface area contributed by atoms with Crippen LogP contribution in [0, 0.1) is 13.8 Å². The maximum atomic E-state index is 11.9. The van der Waals surface area contributed by atoms with Crippen molar-refractivity contribution in [1.82, 2.24) is 29.5 Å². The Morgan fingerprint density at radius 3 is 2.95 bits per heavy atom. The minimum Gasteiger partial charge on any atom is -0.331 e. The molecule has 3 rings (SSSR count). The predicted molar refractivity (Wildman–Crippen MR) is 66.8 cm³/mol. The van der Waals surface area contributed by atoms with E-state index >= 15 is 0 Å². The van der Waals surface area contributed by atoms with Crippen LogP contribution in [-0.2, 0) is 0 Å². The number of fused-ring (bicyclic) bond motifs is 1. The molecule has 8 heteroatoms. The molecule has 1 amide bonds. The summed E-state index contributed by atoms with van der Waals surface area (Å²) in [5.41, 5.74) is 1.70. The molecule has 0 bridgehead atoms. The van der Waals surface area contributed by atoms with Gasteiger partial charge in [0.1, 0.15) is 0 Å². The molecule has 0 aliphatic rings. The summed E-state index contributed by atoms with van der Waals surface area (Å²) < 4.78 is 1.53. The standard InChI is InChI=1S/C11H11N7O/c1-6-5-7(2)18-11(14-6)15-8(17-18)9(19)16-10-12-3-4-13-10/h3-5H,1-2H3,(H2,12,13,16,19). The van der Waals surface area contributed by atoms with Crippen molar-refractivity contribution in [3.63, 3.8) is 0 Å². The van der Waals surface area contributed by atoms with E-state index < -0.39 is 5.91 Å². The van der Waals surface area contributed by atoms with Crippen LogP contribution < -0.4 is 5.32 Å². The summed E-state index contributed by atoms with van der Waals surface area (Å²) in [6.07, 6.45) is 3.16. The number of aryl methyl sites for hydroxylation is 2. The molecule has 8 nitrogen and oxygen atoms in total. The van der Waals surface area contributed by atoms with Gasteiger partial charge < -0.3 is 4.98 Å². The molecule has 0 aliphatic carbocycles. The lowest BCUT2D eigenvalue weighted by Gasteiger charge is -1.97. The van der Waals surface area contributed by atoms with Crippen LogP contribution in [0.15, 0.2) is 18.5 Å². The van der Waals surface area contributed by atoms with Gasteiger partial charge >= 0.3 is 0 Å². The van der Waals surface area contributed by atoms with E-state index in [-0.39, 0.29) is 5.82 Å². The van der Waals surface area contributed by atoms with Crippen LogP contribution in [0.2, 0.25) is 0 Å². The van der Waals surface area contributed by atoms with Crippen molar-refractivity contribution < 1.29 is 4.79 Å². The molecule has 0 saturated carbocycles. The molecule has 0 aromatic carbocycles. The van der Waals surface area contributed by atoms with Gasteiger partial charge in [-0.2, -0.15) is 4.98 Å². The summed E-state index contributed by atoms with van der Waals surface area (Å²) in [7, 11) is 0. The Kier molecular flexibility index (Phi) is 2.48. The number of aromatic nitrogens is 6. The average Bonchev–Trinajstić information content (AvgIpc) is 2.97. The average molecular weight is 257 g/mol. The summed E-state index contributed by atoms with van der Waals surface area (Å²) in [5, 5.41) is 6.68. The van der Waals surface area contributed by atoms with Crippen molar-refractivity contribution in [2.24, 2.45) is 0 Å². The van der Waals surface area contributed by atoms with E-state index in [1.165, 1.54) is 4.52 Å². The third-order valence-electron chi connectivity index (χ3n) is 2.55. The minimum atomic E-state index is -0.433. The topological polar surface area (TPSA) is 101 Å². The molecule has 0 spiro atoms. The maximum absolute atomic E-state index is 11.9. The third-order valence-corrected chi connectivity index (χ3v) is 2.55. The Bertz CT molecular complexity index is 744. The highest BCUT2D eigenvalue weighted by Gasteiger charge is 2.15. The van der Waals surface area contributed by atoms with Gasteiger partial charge in [0.2, 0.25) is 11.8 Å². The van der Waals surface area contributed by atoms with Gasteiger partial charge in [-0.15, -0.1) is 5.10 Å². The Labute approximate surface area is 107 Å². The zero-order valence-electron chi connectivity index (χ0n) is 10.4. The van der Waals surface area contributed by atoms with Crippen molar-refractivity contribution in [2.45, 2.75) is 13.8 Å². The van der Waals surface area contributed by atoms with E-state index in [4.69, 9.17) is 0 Å². The molecule has 0 radical (unpaired) electrons. The van der Waals surface area contributed by atoms with Gasteiger partial charge in [0, 0.05) is 23.8 Å². The van der Waals surface area contributed by atoms with Gasteiger partial charge in [-0.3, -0.25) is 10.1 Å². The minimum absolute atomic E-state index is 0.0533. The van der Waals surface area contributed by atoms with Crippen molar-refractivity contribution >= 4 is 17.6 Å². The largest absolute Gasteiger partial charge is 0.331 e. The second-order valence-electron chi connectivity index (χ2n) is 4.08. The first-order valence-electron chi connectivity index (χ1n) is 5.65. The molecule has 2 N–H and O–H groups in total. The third kappa shape index (κ3) is 2.03. The highest BCUT2D eigenvalue weighted by Crippen LogP contribution is 2.06. The number of carbonyl (C=O) groups excluding carboxylic acids is 1. The molecule has 3 heterocycles. The molecular weight excluding hydrogens is 246 g/mol. The molecule has 0 saturated heterocycles. The summed E-state index contributed by atoms with van der Waals surface area (Å²) in [5.74, 6) is 0.377. The van der Waals surface area contributed by atoms with Gasteiger partial charge in [0.25, 0.3) is 11.7 Å². The van der Waals surface area contributed by atoms with Gasteiger partial charge in [-0.05, 0) is 19.9 Å². The van der Waals surface area contributed by atoms with E-state index in [0.717, 1.165) is 11.4 Å². The fourth-order valence-corrected chi connectivity index (χ4v) is 1.76. The molecule has 0 atom stereocenters. The number of hydrogen-bond donors (Lipinski definition) is 2. The quantitative estimate of drug-likeness (QED) is 0.704. The predicted octanol–water partition coefficient (Wildman–Crippen LogP) is 0.717. The van der Waals surface area contributed by atoms with Crippen LogP contribution >= 0.6 is 0 Å². The first kappa shape index (κ1) is 11.3. The number of nitrogens with one attached hydrogen (secondary N) is 2. The van der Waals surface area contributed by atoms with Gasteiger partial charge in [-0.25, -0.2) is 14.5 Å². The van der Waals surface area contributed by atoms with Crippen molar-refractivity contribution in [3.05, 3.63) is 35.7 Å². The molecule has 0 aliphatic heterocycles. The molecule has 0 unspecified atom stereocenters. The second kappa shape index (κ2) is 4.16. The fraction of sp³-hybridized carbons (Fsp3) is 0.182. The number of hydrogen-bond acceptors (Lipinski definition) is 5. The lowest BCUT2D eigenvalue weighted by Crippen LogP contribution is -2.14. The highest BCUT2D eigenvalue weighted by molar-refractivity contribution is 6.00. The van der Waals surface area contributed by atoms with Crippen LogP contribution in [0.25, 0.3) is 5.78 Å². The molecule has 0 fully saturated rings. The number of nitrogens with zero attached hydrogens (tertiary/aromatic N) is 5. The first-order valence-corrected chi connectivity index (χ1v) is 5.65. The maximum Gasteiger partial charge on any atom is 0.297 e. The van der Waals surface area contributed by atoms with Crippen LogP contribution in [0.1, 0.15) is 22.0 Å². The molecule has 3 aromatic heterocycles. The number of aromatic amines is 1. The van der Waals surface area contributed by atoms with E-state index in [1.54, 1.807) is 12.4 Å². The number of carbonyl (C=O) groups is 1. The fourth-order valence-electron chi connectivity index (χ4n) is 1.76. The van der Waals surface area contributed by atoms with Crippen molar-refractivity contribution in [2.75, 3.05) is 5.32 Å². The zero-order chi connectivity index (χ0) is 13.4. The van der Waals surface area contributed by atoms with Crippen LogP contribution in [0.4, 0.5) is 5.95 Å². The second-order valence-corrected chi connectivity index (χ2v) is 4.08. The number of rotatable bonds is 2. The van der Waals surface area contributed by atoms with Crippen LogP contribution in [0.5, 0.6) is 0 Å². The smallest absolute Gasteiger partial charge is 0.297 e. The molecule has 19 heavy (non-hydrogen) atoms. The van der Waals surface area contributed by atoms with Crippen molar-refractivity contribution in [1.29, 1.82) is 0 Å². The van der Waals surface area contributed by atoms with Crippen LogP contribution in [0.3, 0.4) is 0 Å². The first-order chi connectivity index (χ1) is 9.13. The van der Waals surface area contributed by atoms with E-state index in [1.807, 2.05) is 19.9 Å². The van der Waals surface area contributed by atoms with E-state index in [0.29, 0.717) is 11.7 Å². The summed E-state index contributed by atoms with van der Waals surface area (Å²) >= 11 is 0. The SMILES string of the molecule is Cc1cc(C)n2nc(C(=O)Nc3ncc[nH]3)nc2n1. The monoisotopic (exact) mass is 257 g/mol. The lowest BCUT2D eigenvalue weighted by molar-refractivity contribution is 0.101.